The van der Waals surface area contributed by atoms with Crippen molar-refractivity contribution in [2.45, 2.75) is 25.2 Å². The average molecular weight is 442 g/mol. The molecule has 2 N–H and O–H groups in total. The van der Waals surface area contributed by atoms with Gasteiger partial charge in [0.2, 0.25) is 5.91 Å². The molecule has 1 aliphatic rings. The molecule has 0 saturated carbocycles. The molecule has 0 aliphatic heterocycles. The molecular formula is C22H20ClN3O3S. The molecule has 0 fully saturated rings. The van der Waals surface area contributed by atoms with Gasteiger partial charge in [0.1, 0.15) is 5.75 Å². The van der Waals surface area contributed by atoms with E-state index in [1.54, 1.807) is 43.5 Å². The second-order valence-electron chi connectivity index (χ2n) is 6.92. The van der Waals surface area contributed by atoms with Crippen molar-refractivity contribution in [1.29, 1.82) is 0 Å². The quantitative estimate of drug-likeness (QED) is 0.576. The lowest BCUT2D eigenvalue weighted by Gasteiger charge is -2.21. The molecule has 0 saturated heterocycles. The highest BCUT2D eigenvalue weighted by atomic mass is 35.5. The number of hydrogen-bond acceptors (Lipinski definition) is 5. The van der Waals surface area contributed by atoms with Gasteiger partial charge in [-0.1, -0.05) is 23.7 Å². The predicted molar refractivity (Wildman–Crippen MR) is 119 cm³/mol. The van der Waals surface area contributed by atoms with Crippen molar-refractivity contribution >= 4 is 45.6 Å². The van der Waals surface area contributed by atoms with E-state index in [4.69, 9.17) is 16.3 Å². The zero-order valence-electron chi connectivity index (χ0n) is 16.3. The van der Waals surface area contributed by atoms with Gasteiger partial charge in [0.05, 0.1) is 24.4 Å². The molecule has 1 aromatic heterocycles. The van der Waals surface area contributed by atoms with E-state index in [1.807, 2.05) is 12.1 Å². The molecule has 6 nitrogen and oxygen atoms in total. The topological polar surface area (TPSA) is 80.3 Å². The Morgan fingerprint density at radius 2 is 1.90 bits per heavy atom. The number of aromatic nitrogens is 1. The van der Waals surface area contributed by atoms with Gasteiger partial charge in [0.25, 0.3) is 5.91 Å². The Bertz CT molecular complexity index is 1080. The summed E-state index contributed by atoms with van der Waals surface area (Å²) < 4.78 is 5.32. The number of hydrogen-bond donors (Lipinski definition) is 2. The van der Waals surface area contributed by atoms with Gasteiger partial charge in [-0.2, -0.15) is 0 Å². The number of methoxy groups -OCH3 is 1. The van der Waals surface area contributed by atoms with Gasteiger partial charge in [-0.3, -0.25) is 14.9 Å². The van der Waals surface area contributed by atoms with Crippen LogP contribution in [-0.2, 0) is 11.2 Å². The molecule has 4 rings (SSSR count). The van der Waals surface area contributed by atoms with Gasteiger partial charge in [0, 0.05) is 15.5 Å². The Hall–Kier alpha value is -2.90. The van der Waals surface area contributed by atoms with Gasteiger partial charge in [-0.15, -0.1) is 11.3 Å². The highest BCUT2D eigenvalue weighted by molar-refractivity contribution is 7.16. The zero-order chi connectivity index (χ0) is 21.1. The fraction of sp³-hybridized carbons (Fsp3) is 0.227. The van der Waals surface area contributed by atoms with Crippen LogP contribution >= 0.6 is 22.9 Å². The largest absolute Gasteiger partial charge is 0.495 e. The number of anilines is 2. The lowest BCUT2D eigenvalue weighted by molar-refractivity contribution is -0.118. The van der Waals surface area contributed by atoms with Crippen molar-refractivity contribution in [2.24, 2.45) is 0 Å². The van der Waals surface area contributed by atoms with E-state index in [0.29, 0.717) is 33.6 Å². The molecule has 1 heterocycles. The normalized spacial score (nSPS) is 15.2. The minimum atomic E-state index is -0.365. The predicted octanol–water partition coefficient (Wildman–Crippen LogP) is 5.12. The third-order valence-corrected chi connectivity index (χ3v) is 6.26. The smallest absolute Gasteiger partial charge is 0.257 e. The monoisotopic (exact) mass is 441 g/mol. The van der Waals surface area contributed by atoms with Crippen molar-refractivity contribution in [1.82, 2.24) is 4.98 Å². The van der Waals surface area contributed by atoms with Crippen LogP contribution in [0.4, 0.5) is 10.8 Å². The summed E-state index contributed by atoms with van der Waals surface area (Å²) >= 11 is 7.30. The van der Waals surface area contributed by atoms with E-state index >= 15 is 0 Å². The first-order valence-corrected chi connectivity index (χ1v) is 10.7. The maximum atomic E-state index is 13.0. The summed E-state index contributed by atoms with van der Waals surface area (Å²) in [6.45, 7) is 0. The first-order valence-electron chi connectivity index (χ1n) is 9.55. The average Bonchev–Trinajstić information content (AvgIpc) is 3.16. The second kappa shape index (κ2) is 8.85. The summed E-state index contributed by atoms with van der Waals surface area (Å²) in [5, 5.41) is 6.86. The fourth-order valence-corrected chi connectivity index (χ4v) is 4.65. The molecule has 1 unspecified atom stereocenters. The molecule has 0 radical (unpaired) electrons. The van der Waals surface area contributed by atoms with E-state index in [-0.39, 0.29) is 17.7 Å². The number of ether oxygens (including phenoxy) is 1. The molecule has 0 spiro atoms. The van der Waals surface area contributed by atoms with Crippen LogP contribution in [0.25, 0.3) is 0 Å². The van der Waals surface area contributed by atoms with Gasteiger partial charge in [0.15, 0.2) is 5.13 Å². The number of nitrogens with zero attached hydrogens (tertiary/aromatic N) is 1. The Kier molecular flexibility index (Phi) is 6.01. The molecule has 1 aliphatic carbocycles. The van der Waals surface area contributed by atoms with Crippen LogP contribution < -0.4 is 15.4 Å². The van der Waals surface area contributed by atoms with Crippen molar-refractivity contribution in [3.05, 3.63) is 69.7 Å². The number of benzene rings is 2. The lowest BCUT2D eigenvalue weighted by Crippen LogP contribution is -2.24. The minimum Gasteiger partial charge on any atom is -0.495 e. The molecule has 154 valence electrons. The number of nitrogens with one attached hydrogen (secondary N) is 2. The maximum absolute atomic E-state index is 13.0. The van der Waals surface area contributed by atoms with Crippen LogP contribution in [0.5, 0.6) is 5.75 Å². The van der Waals surface area contributed by atoms with E-state index in [0.717, 1.165) is 23.4 Å². The molecular weight excluding hydrogens is 422 g/mol. The van der Waals surface area contributed by atoms with Crippen LogP contribution in [0.3, 0.4) is 0 Å². The van der Waals surface area contributed by atoms with Crippen LogP contribution in [-0.4, -0.2) is 23.9 Å². The molecule has 2 aromatic carbocycles. The van der Waals surface area contributed by atoms with Crippen molar-refractivity contribution in [2.75, 3.05) is 17.7 Å². The van der Waals surface area contributed by atoms with Gasteiger partial charge in [-0.25, -0.2) is 4.98 Å². The van der Waals surface area contributed by atoms with Crippen LogP contribution in [0.1, 0.15) is 39.7 Å². The number of amides is 2. The molecule has 30 heavy (non-hydrogen) atoms. The number of carbonyl (C=O) groups excluding carboxylic acids is 2. The van der Waals surface area contributed by atoms with Crippen LogP contribution in [0.15, 0.2) is 48.5 Å². The Morgan fingerprint density at radius 3 is 2.67 bits per heavy atom. The number of para-hydroxylation sites is 2. The number of rotatable bonds is 5. The zero-order valence-corrected chi connectivity index (χ0v) is 17.8. The summed E-state index contributed by atoms with van der Waals surface area (Å²) in [6.07, 6.45) is 2.45. The summed E-state index contributed by atoms with van der Waals surface area (Å²) in [4.78, 5) is 31.1. The Morgan fingerprint density at radius 1 is 1.13 bits per heavy atom. The molecule has 0 bridgehead atoms. The number of aryl methyl sites for hydroxylation is 1. The van der Waals surface area contributed by atoms with E-state index in [1.165, 1.54) is 11.3 Å². The van der Waals surface area contributed by atoms with Crippen LogP contribution in [0.2, 0.25) is 5.02 Å². The van der Waals surface area contributed by atoms with E-state index in [9.17, 15) is 9.59 Å². The van der Waals surface area contributed by atoms with Crippen molar-refractivity contribution in [3.63, 3.8) is 0 Å². The second-order valence-corrected chi connectivity index (χ2v) is 8.44. The third kappa shape index (κ3) is 4.32. The van der Waals surface area contributed by atoms with Gasteiger partial charge in [-0.05, 0) is 55.7 Å². The summed E-state index contributed by atoms with van der Waals surface area (Å²) in [7, 11) is 1.57. The summed E-state index contributed by atoms with van der Waals surface area (Å²) in [5.41, 5.74) is 1.87. The minimum absolute atomic E-state index is 0.124. The summed E-state index contributed by atoms with van der Waals surface area (Å²) in [6, 6.07) is 14.0. The van der Waals surface area contributed by atoms with Crippen molar-refractivity contribution < 1.29 is 14.3 Å². The molecule has 1 atom stereocenters. The number of halogens is 1. The first-order chi connectivity index (χ1) is 14.5. The number of carbonyl (C=O) groups is 2. The molecule has 2 amide bonds. The Labute approximate surface area is 183 Å². The highest BCUT2D eigenvalue weighted by Crippen LogP contribution is 2.38. The Balaban J connectivity index is 1.51. The molecule has 8 heteroatoms. The van der Waals surface area contributed by atoms with Gasteiger partial charge < -0.3 is 10.1 Å². The highest BCUT2D eigenvalue weighted by Gasteiger charge is 2.31. The van der Waals surface area contributed by atoms with Crippen LogP contribution in [0, 0.1) is 0 Å². The summed E-state index contributed by atoms with van der Waals surface area (Å²) in [5.74, 6) is -0.138. The number of fused-ring (bicyclic) bond motifs is 1. The SMILES string of the molecule is COc1ccccc1NC(=O)C1CCCc2sc(NC(=O)c3ccc(Cl)cc3)nc21. The lowest BCUT2D eigenvalue weighted by atomic mass is 9.90. The molecule has 3 aromatic rings. The maximum Gasteiger partial charge on any atom is 0.257 e. The fourth-order valence-electron chi connectivity index (χ4n) is 3.47. The van der Waals surface area contributed by atoms with Crippen molar-refractivity contribution in [3.8, 4) is 5.75 Å². The third-order valence-electron chi connectivity index (χ3n) is 4.96. The standard InChI is InChI=1S/C22H20ClN3O3S/c1-29-17-7-3-2-6-16(17)24-21(28)15-5-4-8-18-19(15)25-22(30-18)26-20(27)13-9-11-14(23)12-10-13/h2-3,6-7,9-12,15H,4-5,8H2,1H3,(H,24,28)(H,25,26,27). The first kappa shape index (κ1) is 20.4. The number of thiazole rings is 1. The van der Waals surface area contributed by atoms with E-state index in [2.05, 4.69) is 15.6 Å². The van der Waals surface area contributed by atoms with Gasteiger partial charge >= 0.3 is 0 Å². The van der Waals surface area contributed by atoms with E-state index < -0.39 is 0 Å².